The van der Waals surface area contributed by atoms with Gasteiger partial charge in [0.2, 0.25) is 11.8 Å². The zero-order valence-corrected chi connectivity index (χ0v) is 14.7. The fraction of sp³-hybridized carbons (Fsp3) is 0.222. The largest absolute Gasteiger partial charge is 0.325 e. The maximum atomic E-state index is 13.7. The zero-order chi connectivity index (χ0) is 18.8. The number of hydrogen-bond acceptors (Lipinski definition) is 2. The molecule has 4 nitrogen and oxygen atoms in total. The molecule has 2 N–H and O–H groups in total. The highest BCUT2D eigenvalue weighted by molar-refractivity contribution is 6.31. The molecule has 0 aromatic heterocycles. The van der Waals surface area contributed by atoms with Gasteiger partial charge in [-0.25, -0.2) is 8.78 Å². The van der Waals surface area contributed by atoms with E-state index in [9.17, 15) is 18.4 Å². The second kappa shape index (κ2) is 7.19. The van der Waals surface area contributed by atoms with E-state index in [0.717, 1.165) is 12.1 Å². The minimum absolute atomic E-state index is 0.454. The Morgan fingerprint density at radius 1 is 0.960 bits per heavy atom. The molecular formula is C18H17ClF2N2O2. The summed E-state index contributed by atoms with van der Waals surface area (Å²) < 4.78 is 27.3. The Balaban J connectivity index is 2.20. The molecular weight excluding hydrogens is 350 g/mol. The number of benzene rings is 2. The predicted molar refractivity (Wildman–Crippen MR) is 93.6 cm³/mol. The van der Waals surface area contributed by atoms with Crippen molar-refractivity contribution in [1.82, 2.24) is 0 Å². The number of para-hydroxylation sites is 1. The second-order valence-electron chi connectivity index (χ2n) is 6.04. The molecule has 0 atom stereocenters. The van der Waals surface area contributed by atoms with Gasteiger partial charge in [0.05, 0.1) is 0 Å². The van der Waals surface area contributed by atoms with Crippen LogP contribution < -0.4 is 10.6 Å². The lowest BCUT2D eigenvalue weighted by atomic mass is 9.90. The van der Waals surface area contributed by atoms with Gasteiger partial charge in [0.15, 0.2) is 0 Å². The standard InChI is InChI=1S/C18H17ClF2N2O2/c1-10-11(19)6-4-9-14(10)22-16(24)18(2,3)17(25)23-15-12(20)7-5-8-13(15)21/h4-9H,1-3H3,(H,22,24)(H,23,25). The Morgan fingerprint density at radius 2 is 1.48 bits per heavy atom. The monoisotopic (exact) mass is 366 g/mol. The van der Waals surface area contributed by atoms with E-state index in [1.54, 1.807) is 25.1 Å². The normalized spacial score (nSPS) is 11.1. The number of halogens is 3. The predicted octanol–water partition coefficient (Wildman–Crippen LogP) is 4.53. The second-order valence-corrected chi connectivity index (χ2v) is 6.45. The molecule has 0 unspecified atom stereocenters. The van der Waals surface area contributed by atoms with E-state index in [4.69, 9.17) is 11.6 Å². The third-order valence-corrected chi connectivity index (χ3v) is 4.26. The Morgan fingerprint density at radius 3 is 2.08 bits per heavy atom. The van der Waals surface area contributed by atoms with E-state index in [2.05, 4.69) is 10.6 Å². The highest BCUT2D eigenvalue weighted by Gasteiger charge is 2.37. The number of carbonyl (C=O) groups excluding carboxylic acids is 2. The van der Waals surface area contributed by atoms with E-state index in [1.807, 2.05) is 0 Å². The van der Waals surface area contributed by atoms with Gasteiger partial charge < -0.3 is 10.6 Å². The number of nitrogens with one attached hydrogen (secondary N) is 2. The van der Waals surface area contributed by atoms with Crippen molar-refractivity contribution in [2.45, 2.75) is 20.8 Å². The Kier molecular flexibility index (Phi) is 5.42. The molecule has 0 aliphatic carbocycles. The quantitative estimate of drug-likeness (QED) is 0.781. The van der Waals surface area contributed by atoms with Crippen LogP contribution in [0.2, 0.25) is 5.02 Å². The average molecular weight is 367 g/mol. The first kappa shape index (κ1) is 18.9. The molecule has 0 saturated heterocycles. The fourth-order valence-electron chi connectivity index (χ4n) is 2.01. The van der Waals surface area contributed by atoms with Crippen molar-refractivity contribution in [3.8, 4) is 0 Å². The summed E-state index contributed by atoms with van der Waals surface area (Å²) >= 11 is 6.00. The molecule has 7 heteroatoms. The molecule has 0 spiro atoms. The fourth-order valence-corrected chi connectivity index (χ4v) is 2.19. The summed E-state index contributed by atoms with van der Waals surface area (Å²) in [6, 6.07) is 8.18. The molecule has 0 heterocycles. The van der Waals surface area contributed by atoms with Crippen molar-refractivity contribution in [3.05, 3.63) is 58.6 Å². The van der Waals surface area contributed by atoms with Crippen LogP contribution in [0.25, 0.3) is 0 Å². The summed E-state index contributed by atoms with van der Waals surface area (Å²) in [4.78, 5) is 24.9. The summed E-state index contributed by atoms with van der Waals surface area (Å²) in [6.45, 7) is 4.44. The minimum atomic E-state index is -1.58. The molecule has 0 bridgehead atoms. The van der Waals surface area contributed by atoms with Crippen molar-refractivity contribution in [2.75, 3.05) is 10.6 Å². The molecule has 0 saturated carbocycles. The van der Waals surface area contributed by atoms with Crippen molar-refractivity contribution < 1.29 is 18.4 Å². The Bertz CT molecular complexity index is 818. The Labute approximate surface area is 149 Å². The van der Waals surface area contributed by atoms with Crippen LogP contribution in [-0.2, 0) is 9.59 Å². The zero-order valence-electron chi connectivity index (χ0n) is 13.9. The van der Waals surface area contributed by atoms with E-state index in [0.29, 0.717) is 16.3 Å². The molecule has 0 fully saturated rings. The molecule has 2 aromatic carbocycles. The SMILES string of the molecule is Cc1c(Cl)cccc1NC(=O)C(C)(C)C(=O)Nc1c(F)cccc1F. The molecule has 132 valence electrons. The first-order valence-electron chi connectivity index (χ1n) is 7.46. The van der Waals surface area contributed by atoms with Gasteiger partial charge in [0, 0.05) is 10.7 Å². The third kappa shape index (κ3) is 3.96. The molecule has 0 aliphatic rings. The van der Waals surface area contributed by atoms with Crippen molar-refractivity contribution >= 4 is 34.8 Å². The van der Waals surface area contributed by atoms with Crippen LogP contribution in [0.3, 0.4) is 0 Å². The molecule has 25 heavy (non-hydrogen) atoms. The van der Waals surface area contributed by atoms with Crippen LogP contribution in [0.4, 0.5) is 20.2 Å². The summed E-state index contributed by atoms with van der Waals surface area (Å²) in [7, 11) is 0. The molecule has 2 aromatic rings. The Hall–Kier alpha value is -2.47. The van der Waals surface area contributed by atoms with Crippen LogP contribution in [0.1, 0.15) is 19.4 Å². The highest BCUT2D eigenvalue weighted by Crippen LogP contribution is 2.27. The van der Waals surface area contributed by atoms with E-state index in [1.165, 1.54) is 19.9 Å². The first-order valence-corrected chi connectivity index (χ1v) is 7.84. The van der Waals surface area contributed by atoms with Crippen LogP contribution >= 0.6 is 11.6 Å². The van der Waals surface area contributed by atoms with Gasteiger partial charge in [-0.15, -0.1) is 0 Å². The topological polar surface area (TPSA) is 58.2 Å². The molecule has 0 aliphatic heterocycles. The van der Waals surface area contributed by atoms with E-state index < -0.39 is 34.6 Å². The van der Waals surface area contributed by atoms with E-state index in [-0.39, 0.29) is 0 Å². The number of carbonyl (C=O) groups is 2. The highest BCUT2D eigenvalue weighted by atomic mass is 35.5. The lowest BCUT2D eigenvalue weighted by molar-refractivity contribution is -0.135. The summed E-state index contributed by atoms with van der Waals surface area (Å²) in [5, 5.41) is 5.22. The minimum Gasteiger partial charge on any atom is -0.325 e. The lowest BCUT2D eigenvalue weighted by Crippen LogP contribution is -2.42. The van der Waals surface area contributed by atoms with Gasteiger partial charge in [-0.2, -0.15) is 0 Å². The van der Waals surface area contributed by atoms with Crippen LogP contribution in [-0.4, -0.2) is 11.8 Å². The maximum absolute atomic E-state index is 13.7. The summed E-state index contributed by atoms with van der Waals surface area (Å²) in [5.74, 6) is -3.31. The van der Waals surface area contributed by atoms with Crippen molar-refractivity contribution in [1.29, 1.82) is 0 Å². The molecule has 0 radical (unpaired) electrons. The average Bonchev–Trinajstić information content (AvgIpc) is 2.55. The molecule has 2 rings (SSSR count). The maximum Gasteiger partial charge on any atom is 0.239 e. The first-order chi connectivity index (χ1) is 11.6. The van der Waals surface area contributed by atoms with Crippen LogP contribution in [0.5, 0.6) is 0 Å². The number of rotatable bonds is 4. The van der Waals surface area contributed by atoms with Gasteiger partial charge >= 0.3 is 0 Å². The van der Waals surface area contributed by atoms with Gasteiger partial charge in [-0.05, 0) is 50.6 Å². The van der Waals surface area contributed by atoms with Crippen LogP contribution in [0, 0.1) is 24.0 Å². The van der Waals surface area contributed by atoms with Gasteiger partial charge in [-0.1, -0.05) is 23.7 Å². The van der Waals surface area contributed by atoms with Gasteiger partial charge in [0.1, 0.15) is 22.7 Å². The molecule has 2 amide bonds. The number of hydrogen-bond donors (Lipinski definition) is 2. The van der Waals surface area contributed by atoms with Gasteiger partial charge in [0.25, 0.3) is 0 Å². The number of amides is 2. The van der Waals surface area contributed by atoms with Gasteiger partial charge in [-0.3, -0.25) is 9.59 Å². The third-order valence-electron chi connectivity index (χ3n) is 3.85. The van der Waals surface area contributed by atoms with Crippen molar-refractivity contribution in [2.24, 2.45) is 5.41 Å². The van der Waals surface area contributed by atoms with Crippen LogP contribution in [0.15, 0.2) is 36.4 Å². The number of anilines is 2. The lowest BCUT2D eigenvalue weighted by Gasteiger charge is -2.23. The van der Waals surface area contributed by atoms with Crippen molar-refractivity contribution in [3.63, 3.8) is 0 Å². The summed E-state index contributed by atoms with van der Waals surface area (Å²) in [5.41, 5.74) is -1.07. The summed E-state index contributed by atoms with van der Waals surface area (Å²) in [6.07, 6.45) is 0. The smallest absolute Gasteiger partial charge is 0.239 e. The van der Waals surface area contributed by atoms with E-state index >= 15 is 0 Å².